The van der Waals surface area contributed by atoms with Gasteiger partial charge < -0.3 is 19.9 Å². The third-order valence-electron chi connectivity index (χ3n) is 8.34. The monoisotopic (exact) mass is 615 g/mol. The van der Waals surface area contributed by atoms with Crippen LogP contribution in [0.1, 0.15) is 48.7 Å². The van der Waals surface area contributed by atoms with Gasteiger partial charge in [0.25, 0.3) is 5.91 Å². The fourth-order valence-corrected chi connectivity index (χ4v) is 6.62. The lowest BCUT2D eigenvalue weighted by Gasteiger charge is -2.30. The number of anilines is 1. The van der Waals surface area contributed by atoms with Crippen LogP contribution in [-0.2, 0) is 16.6 Å². The van der Waals surface area contributed by atoms with Crippen molar-refractivity contribution in [1.29, 1.82) is 0 Å². The second-order valence-corrected chi connectivity index (χ2v) is 13.4. The number of fused-ring (bicyclic) bond motifs is 2. The van der Waals surface area contributed by atoms with Gasteiger partial charge in [0.2, 0.25) is 10.0 Å². The fraction of sp³-hybridized carbons (Fsp3) is 0.483. The number of nitrogens with zero attached hydrogens (tertiary/aromatic N) is 5. The van der Waals surface area contributed by atoms with Gasteiger partial charge in [-0.15, -0.1) is 0 Å². The lowest BCUT2D eigenvalue weighted by Crippen LogP contribution is -2.51. The van der Waals surface area contributed by atoms with Crippen molar-refractivity contribution in [3.63, 3.8) is 0 Å². The van der Waals surface area contributed by atoms with Gasteiger partial charge in [-0.2, -0.15) is 13.1 Å². The summed E-state index contributed by atoms with van der Waals surface area (Å²) in [5.41, 5.74) is 3.43. The zero-order chi connectivity index (χ0) is 30.6. The number of aryl methyl sites for hydroxylation is 1. The topological polar surface area (TPSA) is 123 Å². The minimum absolute atomic E-state index is 0.0136. The van der Waals surface area contributed by atoms with Crippen molar-refractivity contribution < 1.29 is 26.7 Å². The Hall–Kier alpha value is -3.78. The van der Waals surface area contributed by atoms with E-state index in [1.165, 1.54) is 13.2 Å². The highest BCUT2D eigenvalue weighted by molar-refractivity contribution is 7.92. The molecule has 1 saturated carbocycles. The van der Waals surface area contributed by atoms with Crippen LogP contribution in [0.4, 0.5) is 14.6 Å². The first kappa shape index (κ1) is 29.3. The van der Waals surface area contributed by atoms with E-state index in [2.05, 4.69) is 22.5 Å². The molecule has 1 amide bonds. The largest absolute Gasteiger partial charge is 0.482 e. The summed E-state index contributed by atoms with van der Waals surface area (Å²) in [6.07, 6.45) is 4.66. The number of methoxy groups -OCH3 is 1. The molecule has 2 N–H and O–H groups in total. The molecule has 0 radical (unpaired) electrons. The number of aromatic nitrogens is 4. The number of ether oxygens (including phenoxy) is 1. The van der Waals surface area contributed by atoms with Gasteiger partial charge in [0, 0.05) is 35.6 Å². The number of halogens is 2. The highest BCUT2D eigenvalue weighted by atomic mass is 32.2. The molecule has 43 heavy (non-hydrogen) atoms. The SMILES string of the molecule is COc1cc(C(=O)N[C@@H]2CCCN[C@H]2C)cc2nc(-c3cc4ccc(N(C(F)F)S(C)(=O)=O)nc4n3CC3CC3)c(C)n12. The minimum atomic E-state index is -4.26. The highest BCUT2D eigenvalue weighted by Gasteiger charge is 2.31. The van der Waals surface area contributed by atoms with Gasteiger partial charge in [-0.05, 0) is 76.3 Å². The number of hydrogen-bond donors (Lipinski definition) is 2. The Morgan fingerprint density at radius 1 is 1.21 bits per heavy atom. The zero-order valence-corrected chi connectivity index (χ0v) is 25.3. The first-order chi connectivity index (χ1) is 20.5. The van der Waals surface area contributed by atoms with Gasteiger partial charge in [0.05, 0.1) is 24.8 Å². The molecule has 5 heterocycles. The van der Waals surface area contributed by atoms with E-state index in [-0.39, 0.29) is 28.1 Å². The first-order valence-corrected chi connectivity index (χ1v) is 16.2. The molecule has 4 aromatic rings. The van der Waals surface area contributed by atoms with Gasteiger partial charge in [-0.1, -0.05) is 0 Å². The van der Waals surface area contributed by atoms with Crippen molar-refractivity contribution in [3.8, 4) is 17.3 Å². The van der Waals surface area contributed by atoms with Crippen molar-refractivity contribution in [1.82, 2.24) is 29.6 Å². The van der Waals surface area contributed by atoms with Crippen LogP contribution in [0, 0.1) is 12.8 Å². The van der Waals surface area contributed by atoms with E-state index in [0.717, 1.165) is 44.2 Å². The molecular weight excluding hydrogens is 580 g/mol. The molecule has 11 nitrogen and oxygen atoms in total. The molecule has 0 aromatic carbocycles. The second kappa shape index (κ2) is 11.1. The van der Waals surface area contributed by atoms with Crippen molar-refractivity contribution in [2.45, 2.75) is 64.7 Å². The number of sulfonamides is 1. The van der Waals surface area contributed by atoms with Crippen molar-refractivity contribution in [3.05, 3.63) is 41.6 Å². The van der Waals surface area contributed by atoms with Crippen LogP contribution in [0.5, 0.6) is 5.88 Å². The molecule has 230 valence electrons. The molecule has 2 atom stereocenters. The van der Waals surface area contributed by atoms with E-state index >= 15 is 0 Å². The number of imidazole rings is 1. The van der Waals surface area contributed by atoms with Gasteiger partial charge in [-0.3, -0.25) is 9.20 Å². The van der Waals surface area contributed by atoms with Gasteiger partial charge in [0.15, 0.2) is 5.88 Å². The number of amides is 1. The number of carbonyl (C=O) groups is 1. The minimum Gasteiger partial charge on any atom is -0.482 e. The van der Waals surface area contributed by atoms with E-state index in [1.807, 2.05) is 22.0 Å². The summed E-state index contributed by atoms with van der Waals surface area (Å²) in [4.78, 5) is 22.6. The van der Waals surface area contributed by atoms with E-state index in [4.69, 9.17) is 9.72 Å². The number of hydrogen-bond acceptors (Lipinski definition) is 7. The maximum atomic E-state index is 13.8. The number of rotatable bonds is 9. The maximum absolute atomic E-state index is 13.8. The molecule has 14 heteroatoms. The van der Waals surface area contributed by atoms with Crippen LogP contribution in [-0.4, -0.2) is 71.8 Å². The summed E-state index contributed by atoms with van der Waals surface area (Å²) in [6, 6.07) is 8.37. The number of nitrogens with one attached hydrogen (secondary N) is 2. The highest BCUT2D eigenvalue weighted by Crippen LogP contribution is 2.38. The number of carbonyl (C=O) groups excluding carboxylic acids is 1. The summed E-state index contributed by atoms with van der Waals surface area (Å²) in [7, 11) is -2.73. The van der Waals surface area contributed by atoms with Crippen molar-refractivity contribution >= 4 is 38.4 Å². The predicted molar refractivity (Wildman–Crippen MR) is 159 cm³/mol. The first-order valence-electron chi connectivity index (χ1n) is 14.4. The molecule has 0 unspecified atom stereocenters. The molecular formula is C29H35F2N7O4S. The van der Waals surface area contributed by atoms with Crippen LogP contribution < -0.4 is 19.7 Å². The van der Waals surface area contributed by atoms with Gasteiger partial charge in [-0.25, -0.2) is 18.4 Å². The molecule has 2 fully saturated rings. The lowest BCUT2D eigenvalue weighted by molar-refractivity contribution is 0.0919. The quantitative estimate of drug-likeness (QED) is 0.274. The molecule has 4 aromatic heterocycles. The third-order valence-corrected chi connectivity index (χ3v) is 9.40. The zero-order valence-electron chi connectivity index (χ0n) is 24.5. The second-order valence-electron chi connectivity index (χ2n) is 11.5. The molecule has 0 spiro atoms. The average molecular weight is 616 g/mol. The van der Waals surface area contributed by atoms with Crippen LogP contribution in [0.2, 0.25) is 0 Å². The van der Waals surface area contributed by atoms with E-state index in [1.54, 1.807) is 18.2 Å². The van der Waals surface area contributed by atoms with Crippen molar-refractivity contribution in [2.24, 2.45) is 5.92 Å². The van der Waals surface area contributed by atoms with E-state index in [0.29, 0.717) is 52.0 Å². The van der Waals surface area contributed by atoms with Gasteiger partial charge >= 0.3 is 6.55 Å². The average Bonchev–Trinajstić information content (AvgIpc) is 3.62. The number of alkyl halides is 2. The van der Waals surface area contributed by atoms with E-state index < -0.39 is 16.6 Å². The smallest absolute Gasteiger partial charge is 0.329 e. The molecule has 2 aliphatic rings. The third kappa shape index (κ3) is 5.53. The Balaban J connectivity index is 1.45. The van der Waals surface area contributed by atoms with Crippen LogP contribution >= 0.6 is 0 Å². The lowest BCUT2D eigenvalue weighted by atomic mass is 9.99. The molecule has 0 bridgehead atoms. The summed E-state index contributed by atoms with van der Waals surface area (Å²) in [5.74, 6) is 0.273. The van der Waals surface area contributed by atoms with Crippen molar-refractivity contribution in [2.75, 3.05) is 24.2 Å². The number of pyridine rings is 2. The molecule has 1 aliphatic heterocycles. The van der Waals surface area contributed by atoms with Crippen LogP contribution in [0.25, 0.3) is 28.1 Å². The Bertz CT molecular complexity index is 1820. The Labute approximate surface area is 248 Å². The predicted octanol–water partition coefficient (Wildman–Crippen LogP) is 3.94. The number of piperidine rings is 1. The Kier molecular flexibility index (Phi) is 7.53. The van der Waals surface area contributed by atoms with E-state index in [9.17, 15) is 22.0 Å². The molecule has 1 saturated heterocycles. The maximum Gasteiger partial charge on any atom is 0.329 e. The fourth-order valence-electron chi connectivity index (χ4n) is 5.89. The molecule has 6 rings (SSSR count). The summed E-state index contributed by atoms with van der Waals surface area (Å²) in [6.45, 7) is 2.19. The standard InChI is InChI=1S/C29H35F2N7O4S/c1-16-21(6-5-11-32-16)33-28(39)20-13-24-34-26(17(2)37(24)25(14-20)42-3)22-12-19-9-10-23(38(29(30)31)43(4,40)41)35-27(19)36(22)15-18-7-8-18/h9-10,12-14,16,18,21,29,32H,5-8,11,15H2,1-4H3,(H,33,39)/t16-,21+/m0/s1. The van der Waals surface area contributed by atoms with Gasteiger partial charge in [0.1, 0.15) is 22.8 Å². The summed E-state index contributed by atoms with van der Waals surface area (Å²) in [5, 5.41) is 7.20. The van der Waals surface area contributed by atoms with Crippen LogP contribution in [0.15, 0.2) is 30.3 Å². The molecule has 1 aliphatic carbocycles. The Morgan fingerprint density at radius 3 is 2.63 bits per heavy atom. The summed E-state index contributed by atoms with van der Waals surface area (Å²) < 4.78 is 61.4. The normalized spacial score (nSPS) is 19.3. The Morgan fingerprint density at radius 2 is 1.98 bits per heavy atom. The van der Waals surface area contributed by atoms with Crippen LogP contribution in [0.3, 0.4) is 0 Å². The summed E-state index contributed by atoms with van der Waals surface area (Å²) >= 11 is 0.